The van der Waals surface area contributed by atoms with E-state index in [0.29, 0.717) is 0 Å². The van der Waals surface area contributed by atoms with E-state index in [9.17, 15) is 0 Å². The van der Waals surface area contributed by atoms with Crippen LogP contribution in [0.4, 0.5) is 0 Å². The number of rotatable bonds is 7. The largest absolute Gasteiger partial charge is 1.00 e. The fourth-order valence-electron chi connectivity index (χ4n) is 1.85. The van der Waals surface area contributed by atoms with Gasteiger partial charge >= 0.3 is 0 Å². The Balaban J connectivity index is 0.00000225. The van der Waals surface area contributed by atoms with Gasteiger partial charge in [-0.2, -0.15) is 0 Å². The molecule has 1 aromatic heterocycles. The van der Waals surface area contributed by atoms with E-state index in [1.807, 2.05) is 0 Å². The summed E-state index contributed by atoms with van der Waals surface area (Å²) in [7, 11) is 0. The maximum atomic E-state index is 2.42. The van der Waals surface area contributed by atoms with E-state index in [1.165, 1.54) is 50.8 Å². The SMILES string of the molecule is CCCCC[n+]1ccccc1CCCC.[F-]. The lowest BCUT2D eigenvalue weighted by Crippen LogP contribution is -3.00. The maximum absolute atomic E-state index is 2.42. The monoisotopic (exact) mass is 225 g/mol. The standard InChI is InChI=1S/C14H24N.FH/c1-3-5-8-12-15-13-9-7-11-14(15)10-6-4-2;/h7,9,11,13H,3-6,8,10,12H2,1-2H3;1H/q+1;/p-1. The van der Waals surface area contributed by atoms with Crippen LogP contribution < -0.4 is 9.27 Å². The molecular formula is C14H24FN. The molecule has 0 bridgehead atoms. The molecule has 0 aromatic carbocycles. The third kappa shape index (κ3) is 5.24. The molecule has 2 heteroatoms. The Labute approximate surface area is 98.9 Å². The summed E-state index contributed by atoms with van der Waals surface area (Å²) in [6, 6.07) is 6.56. The molecule has 0 amide bonds. The molecular weight excluding hydrogens is 201 g/mol. The van der Waals surface area contributed by atoms with Crippen LogP contribution in [0, 0.1) is 0 Å². The van der Waals surface area contributed by atoms with Gasteiger partial charge in [-0.3, -0.25) is 0 Å². The average molecular weight is 225 g/mol. The molecule has 16 heavy (non-hydrogen) atoms. The van der Waals surface area contributed by atoms with Crippen molar-refractivity contribution >= 4 is 0 Å². The van der Waals surface area contributed by atoms with Gasteiger partial charge in [0.15, 0.2) is 11.9 Å². The van der Waals surface area contributed by atoms with Crippen molar-refractivity contribution in [1.82, 2.24) is 0 Å². The van der Waals surface area contributed by atoms with Crippen LogP contribution in [0.25, 0.3) is 0 Å². The second kappa shape index (κ2) is 9.32. The molecule has 0 fully saturated rings. The Morgan fingerprint density at radius 3 is 2.44 bits per heavy atom. The summed E-state index contributed by atoms with van der Waals surface area (Å²) in [5, 5.41) is 0. The number of halogens is 1. The minimum absolute atomic E-state index is 0. The van der Waals surface area contributed by atoms with Crippen LogP contribution in [0.1, 0.15) is 51.6 Å². The fourth-order valence-corrected chi connectivity index (χ4v) is 1.85. The minimum atomic E-state index is 0. The van der Waals surface area contributed by atoms with Crippen molar-refractivity contribution in [1.29, 1.82) is 0 Å². The summed E-state index contributed by atoms with van der Waals surface area (Å²) in [5.41, 5.74) is 1.50. The van der Waals surface area contributed by atoms with Gasteiger partial charge in [-0.1, -0.05) is 32.8 Å². The second-order valence-electron chi connectivity index (χ2n) is 4.20. The van der Waals surface area contributed by atoms with Gasteiger partial charge < -0.3 is 4.70 Å². The van der Waals surface area contributed by atoms with E-state index in [-0.39, 0.29) is 4.70 Å². The number of pyridine rings is 1. The third-order valence-corrected chi connectivity index (χ3v) is 2.82. The lowest BCUT2D eigenvalue weighted by atomic mass is 10.1. The highest BCUT2D eigenvalue weighted by Gasteiger charge is 2.07. The molecule has 1 nitrogen and oxygen atoms in total. The summed E-state index contributed by atoms with van der Waals surface area (Å²) in [4.78, 5) is 0. The number of aryl methyl sites for hydroxylation is 2. The van der Waals surface area contributed by atoms with Crippen LogP contribution in [0.3, 0.4) is 0 Å². The topological polar surface area (TPSA) is 3.88 Å². The highest BCUT2D eigenvalue weighted by Crippen LogP contribution is 2.01. The molecule has 0 aliphatic carbocycles. The first-order valence-corrected chi connectivity index (χ1v) is 6.35. The fraction of sp³-hybridized carbons (Fsp3) is 0.643. The van der Waals surface area contributed by atoms with Crippen LogP contribution in [-0.2, 0) is 13.0 Å². The van der Waals surface area contributed by atoms with E-state index in [4.69, 9.17) is 0 Å². The Bertz CT molecular complexity index is 273. The van der Waals surface area contributed by atoms with Crippen molar-refractivity contribution in [3.63, 3.8) is 0 Å². The zero-order valence-corrected chi connectivity index (χ0v) is 10.6. The Hall–Kier alpha value is -0.920. The highest BCUT2D eigenvalue weighted by molar-refractivity contribution is 4.97. The number of unbranched alkanes of at least 4 members (excludes halogenated alkanes) is 3. The van der Waals surface area contributed by atoms with Gasteiger partial charge in [0, 0.05) is 25.0 Å². The molecule has 0 saturated carbocycles. The third-order valence-electron chi connectivity index (χ3n) is 2.82. The number of hydrogen-bond donors (Lipinski definition) is 0. The van der Waals surface area contributed by atoms with Crippen molar-refractivity contribution < 1.29 is 9.27 Å². The van der Waals surface area contributed by atoms with Gasteiger partial charge in [-0.15, -0.1) is 0 Å². The predicted molar refractivity (Wildman–Crippen MR) is 64.8 cm³/mol. The van der Waals surface area contributed by atoms with Crippen molar-refractivity contribution in [2.45, 2.75) is 58.9 Å². The Morgan fingerprint density at radius 1 is 1.00 bits per heavy atom. The average Bonchev–Trinajstić information content (AvgIpc) is 2.28. The molecule has 1 heterocycles. The maximum Gasteiger partial charge on any atom is 0.181 e. The number of hydrogen-bond acceptors (Lipinski definition) is 0. The molecule has 0 N–H and O–H groups in total. The van der Waals surface area contributed by atoms with Gasteiger partial charge in [-0.25, -0.2) is 4.57 Å². The van der Waals surface area contributed by atoms with Gasteiger partial charge in [-0.05, 0) is 12.8 Å². The molecule has 0 saturated heterocycles. The van der Waals surface area contributed by atoms with E-state index in [0.717, 1.165) is 0 Å². The van der Waals surface area contributed by atoms with Gasteiger partial charge in [0.2, 0.25) is 0 Å². The molecule has 0 spiro atoms. The van der Waals surface area contributed by atoms with Crippen molar-refractivity contribution in [2.24, 2.45) is 0 Å². The summed E-state index contributed by atoms with van der Waals surface area (Å²) in [6.07, 6.45) is 9.99. The van der Waals surface area contributed by atoms with Crippen molar-refractivity contribution in [3.8, 4) is 0 Å². The van der Waals surface area contributed by atoms with Crippen LogP contribution in [0.2, 0.25) is 0 Å². The number of nitrogens with zero attached hydrogens (tertiary/aromatic N) is 1. The summed E-state index contributed by atoms with van der Waals surface area (Å²) >= 11 is 0. The summed E-state index contributed by atoms with van der Waals surface area (Å²) in [6.45, 7) is 5.70. The zero-order chi connectivity index (χ0) is 10.9. The Morgan fingerprint density at radius 2 is 1.75 bits per heavy atom. The lowest BCUT2D eigenvalue weighted by Gasteiger charge is -2.02. The number of aromatic nitrogens is 1. The lowest BCUT2D eigenvalue weighted by molar-refractivity contribution is -0.704. The van der Waals surface area contributed by atoms with Crippen molar-refractivity contribution in [2.75, 3.05) is 0 Å². The highest BCUT2D eigenvalue weighted by atomic mass is 19.0. The summed E-state index contributed by atoms with van der Waals surface area (Å²) in [5.74, 6) is 0. The molecule has 1 rings (SSSR count). The molecule has 0 aliphatic heterocycles. The second-order valence-corrected chi connectivity index (χ2v) is 4.20. The predicted octanol–water partition coefficient (Wildman–Crippen LogP) is 0.511. The quantitative estimate of drug-likeness (QED) is 0.470. The van der Waals surface area contributed by atoms with Crippen molar-refractivity contribution in [3.05, 3.63) is 30.1 Å². The van der Waals surface area contributed by atoms with Gasteiger partial charge in [0.25, 0.3) is 0 Å². The molecule has 0 atom stereocenters. The van der Waals surface area contributed by atoms with Crippen LogP contribution in [-0.4, -0.2) is 0 Å². The normalized spacial score (nSPS) is 9.88. The van der Waals surface area contributed by atoms with E-state index >= 15 is 0 Å². The van der Waals surface area contributed by atoms with E-state index in [2.05, 4.69) is 42.8 Å². The Kier molecular flexibility index (Phi) is 8.78. The molecule has 0 radical (unpaired) electrons. The van der Waals surface area contributed by atoms with Crippen LogP contribution >= 0.6 is 0 Å². The van der Waals surface area contributed by atoms with Crippen LogP contribution in [0.5, 0.6) is 0 Å². The smallest absolute Gasteiger partial charge is 0.181 e. The first-order chi connectivity index (χ1) is 7.38. The molecule has 1 aromatic rings. The van der Waals surface area contributed by atoms with Crippen LogP contribution in [0.15, 0.2) is 24.4 Å². The van der Waals surface area contributed by atoms with E-state index < -0.39 is 0 Å². The molecule has 0 aliphatic rings. The minimum Gasteiger partial charge on any atom is -1.00 e. The zero-order valence-electron chi connectivity index (χ0n) is 10.6. The first-order valence-electron chi connectivity index (χ1n) is 6.35. The molecule has 92 valence electrons. The van der Waals surface area contributed by atoms with Gasteiger partial charge in [0.1, 0.15) is 6.54 Å². The first kappa shape index (κ1) is 15.1. The molecule has 0 unspecified atom stereocenters. The van der Waals surface area contributed by atoms with Gasteiger partial charge in [0.05, 0.1) is 0 Å². The van der Waals surface area contributed by atoms with E-state index in [1.54, 1.807) is 0 Å². The summed E-state index contributed by atoms with van der Waals surface area (Å²) < 4.78 is 2.42.